The topological polar surface area (TPSA) is 87.7 Å². The molecule has 21 heavy (non-hydrogen) atoms. The summed E-state index contributed by atoms with van der Waals surface area (Å²) in [6.45, 7) is 4.67. The van der Waals surface area contributed by atoms with E-state index in [0.717, 1.165) is 25.7 Å². The Balaban J connectivity index is 1.84. The standard InChI is InChI=1S/C15H26N2O4/c1-3-21-12-7-11(8-12)16-14(20)17-15(13(18)19)6-4-5-10(2)9-15/h10-12H,3-9H2,1-2H3,(H,18,19)(H2,16,17,20). The number of ether oxygens (including phenoxy) is 1. The van der Waals surface area contributed by atoms with Gasteiger partial charge in [0.2, 0.25) is 0 Å². The number of carboxylic acids is 1. The quantitative estimate of drug-likeness (QED) is 0.723. The number of hydrogen-bond donors (Lipinski definition) is 3. The SMILES string of the molecule is CCOC1CC(NC(=O)NC2(C(=O)O)CCCC(C)C2)C1. The van der Waals surface area contributed by atoms with E-state index in [4.69, 9.17) is 4.74 Å². The van der Waals surface area contributed by atoms with Crippen LogP contribution in [0, 0.1) is 5.92 Å². The Morgan fingerprint density at radius 2 is 2.10 bits per heavy atom. The van der Waals surface area contributed by atoms with Gasteiger partial charge in [0.1, 0.15) is 5.54 Å². The van der Waals surface area contributed by atoms with Crippen LogP contribution >= 0.6 is 0 Å². The molecule has 0 aromatic heterocycles. The minimum Gasteiger partial charge on any atom is -0.480 e. The fourth-order valence-electron chi connectivity index (χ4n) is 3.41. The fourth-order valence-corrected chi connectivity index (χ4v) is 3.41. The maximum atomic E-state index is 12.1. The summed E-state index contributed by atoms with van der Waals surface area (Å²) >= 11 is 0. The third kappa shape index (κ3) is 3.87. The summed E-state index contributed by atoms with van der Waals surface area (Å²) in [6, 6.07) is -0.278. The molecule has 6 heteroatoms. The van der Waals surface area contributed by atoms with Gasteiger partial charge in [-0.05, 0) is 38.5 Å². The molecule has 2 aliphatic carbocycles. The van der Waals surface area contributed by atoms with Gasteiger partial charge < -0.3 is 20.5 Å². The number of amides is 2. The highest BCUT2D eigenvalue weighted by atomic mass is 16.5. The molecule has 0 aromatic carbocycles. The molecule has 2 rings (SSSR count). The summed E-state index contributed by atoms with van der Waals surface area (Å²) < 4.78 is 5.45. The van der Waals surface area contributed by atoms with Crippen molar-refractivity contribution < 1.29 is 19.4 Å². The van der Waals surface area contributed by atoms with E-state index in [9.17, 15) is 14.7 Å². The van der Waals surface area contributed by atoms with Crippen LogP contribution < -0.4 is 10.6 Å². The highest BCUT2D eigenvalue weighted by molar-refractivity contribution is 5.86. The molecule has 2 amide bonds. The van der Waals surface area contributed by atoms with Gasteiger partial charge in [0.05, 0.1) is 6.10 Å². The molecule has 120 valence electrons. The number of aliphatic carboxylic acids is 1. The molecule has 0 aromatic rings. The molecule has 3 N–H and O–H groups in total. The number of hydrogen-bond acceptors (Lipinski definition) is 3. The van der Waals surface area contributed by atoms with E-state index >= 15 is 0 Å². The minimum atomic E-state index is -1.11. The number of carbonyl (C=O) groups is 2. The molecule has 2 unspecified atom stereocenters. The minimum absolute atomic E-state index is 0.0911. The normalized spacial score (nSPS) is 35.6. The average molecular weight is 298 g/mol. The van der Waals surface area contributed by atoms with Crippen LogP contribution in [0.2, 0.25) is 0 Å². The summed E-state index contributed by atoms with van der Waals surface area (Å²) in [7, 11) is 0. The second-order valence-corrected chi connectivity index (χ2v) is 6.43. The summed E-state index contributed by atoms with van der Waals surface area (Å²) in [5, 5.41) is 15.1. The van der Waals surface area contributed by atoms with Crippen molar-refractivity contribution in [3.05, 3.63) is 0 Å². The fraction of sp³-hybridized carbons (Fsp3) is 0.867. The first-order valence-electron chi connectivity index (χ1n) is 7.89. The molecular weight excluding hydrogens is 272 g/mol. The zero-order valence-corrected chi connectivity index (χ0v) is 12.9. The Labute approximate surface area is 125 Å². The van der Waals surface area contributed by atoms with Gasteiger partial charge in [-0.1, -0.05) is 19.8 Å². The number of urea groups is 1. The second kappa shape index (κ2) is 6.64. The van der Waals surface area contributed by atoms with E-state index in [0.29, 0.717) is 25.4 Å². The highest BCUT2D eigenvalue weighted by Crippen LogP contribution is 2.32. The lowest BCUT2D eigenvalue weighted by Crippen LogP contribution is -2.61. The molecule has 0 spiro atoms. The summed E-state index contributed by atoms with van der Waals surface area (Å²) in [6.07, 6.45) is 4.70. The Kier molecular flexibility index (Phi) is 5.08. The van der Waals surface area contributed by atoms with Crippen LogP contribution in [0.15, 0.2) is 0 Å². The molecule has 0 aliphatic heterocycles. The van der Waals surface area contributed by atoms with Crippen molar-refractivity contribution in [3.8, 4) is 0 Å². The molecule has 2 atom stereocenters. The zero-order valence-electron chi connectivity index (χ0n) is 12.9. The molecule has 0 radical (unpaired) electrons. The van der Waals surface area contributed by atoms with Crippen molar-refractivity contribution in [2.75, 3.05) is 6.61 Å². The summed E-state index contributed by atoms with van der Waals surface area (Å²) in [5.41, 5.74) is -1.11. The van der Waals surface area contributed by atoms with Crippen LogP contribution in [-0.4, -0.2) is 41.4 Å². The molecule has 2 aliphatic rings. The number of nitrogens with one attached hydrogen (secondary N) is 2. The van der Waals surface area contributed by atoms with E-state index in [2.05, 4.69) is 10.6 Å². The predicted molar refractivity (Wildman–Crippen MR) is 78.1 cm³/mol. The third-order valence-electron chi connectivity index (χ3n) is 4.59. The van der Waals surface area contributed by atoms with E-state index in [-0.39, 0.29) is 18.2 Å². The lowest BCUT2D eigenvalue weighted by Gasteiger charge is -2.39. The average Bonchev–Trinajstić information content (AvgIpc) is 2.36. The smallest absolute Gasteiger partial charge is 0.329 e. The van der Waals surface area contributed by atoms with Crippen molar-refractivity contribution >= 4 is 12.0 Å². The van der Waals surface area contributed by atoms with Gasteiger partial charge in [-0.15, -0.1) is 0 Å². The number of carbonyl (C=O) groups excluding carboxylic acids is 1. The molecule has 2 fully saturated rings. The molecule has 2 saturated carbocycles. The number of rotatable bonds is 5. The van der Waals surface area contributed by atoms with Crippen molar-refractivity contribution in [2.45, 2.75) is 70.1 Å². The molecule has 6 nitrogen and oxygen atoms in total. The predicted octanol–water partition coefficient (Wildman–Crippen LogP) is 1.89. The van der Waals surface area contributed by atoms with Crippen LogP contribution in [0.4, 0.5) is 4.79 Å². The Hall–Kier alpha value is -1.30. The molecule has 0 saturated heterocycles. The zero-order chi connectivity index (χ0) is 15.5. The monoisotopic (exact) mass is 298 g/mol. The van der Waals surface area contributed by atoms with Gasteiger partial charge in [0, 0.05) is 12.6 Å². The first kappa shape index (κ1) is 16.1. The van der Waals surface area contributed by atoms with E-state index in [1.54, 1.807) is 0 Å². The van der Waals surface area contributed by atoms with Gasteiger partial charge >= 0.3 is 12.0 Å². The largest absolute Gasteiger partial charge is 0.480 e. The summed E-state index contributed by atoms with van der Waals surface area (Å²) in [4.78, 5) is 23.7. The maximum absolute atomic E-state index is 12.1. The van der Waals surface area contributed by atoms with E-state index < -0.39 is 11.5 Å². The first-order chi connectivity index (χ1) is 9.95. The summed E-state index contributed by atoms with van der Waals surface area (Å²) in [5.74, 6) is -0.605. The van der Waals surface area contributed by atoms with Gasteiger partial charge in [0.15, 0.2) is 0 Å². The first-order valence-corrected chi connectivity index (χ1v) is 7.89. The maximum Gasteiger partial charge on any atom is 0.329 e. The Morgan fingerprint density at radius 1 is 1.38 bits per heavy atom. The molecular formula is C15H26N2O4. The van der Waals surface area contributed by atoms with E-state index in [1.807, 2.05) is 13.8 Å². The molecule has 0 heterocycles. The van der Waals surface area contributed by atoms with Crippen molar-refractivity contribution in [1.29, 1.82) is 0 Å². The Morgan fingerprint density at radius 3 is 2.67 bits per heavy atom. The van der Waals surface area contributed by atoms with Crippen LogP contribution in [0.25, 0.3) is 0 Å². The van der Waals surface area contributed by atoms with Crippen LogP contribution in [0.5, 0.6) is 0 Å². The van der Waals surface area contributed by atoms with Gasteiger partial charge in [0.25, 0.3) is 0 Å². The van der Waals surface area contributed by atoms with Gasteiger partial charge in [-0.3, -0.25) is 0 Å². The second-order valence-electron chi connectivity index (χ2n) is 6.43. The van der Waals surface area contributed by atoms with Crippen LogP contribution in [0.3, 0.4) is 0 Å². The van der Waals surface area contributed by atoms with Crippen LogP contribution in [-0.2, 0) is 9.53 Å². The lowest BCUT2D eigenvalue weighted by molar-refractivity contribution is -0.146. The third-order valence-corrected chi connectivity index (χ3v) is 4.59. The van der Waals surface area contributed by atoms with Gasteiger partial charge in [-0.25, -0.2) is 9.59 Å². The number of carboxylic acid groups (broad SMARTS) is 1. The lowest BCUT2D eigenvalue weighted by atomic mass is 9.76. The molecule has 0 bridgehead atoms. The van der Waals surface area contributed by atoms with Crippen molar-refractivity contribution in [3.63, 3.8) is 0 Å². The van der Waals surface area contributed by atoms with Crippen LogP contribution in [0.1, 0.15) is 52.4 Å². The van der Waals surface area contributed by atoms with Gasteiger partial charge in [-0.2, -0.15) is 0 Å². The Bertz CT molecular complexity index is 395. The van der Waals surface area contributed by atoms with E-state index in [1.165, 1.54) is 0 Å². The van der Waals surface area contributed by atoms with Crippen molar-refractivity contribution in [1.82, 2.24) is 10.6 Å². The highest BCUT2D eigenvalue weighted by Gasteiger charge is 2.43. The van der Waals surface area contributed by atoms with Crippen molar-refractivity contribution in [2.24, 2.45) is 5.92 Å².